The summed E-state index contributed by atoms with van der Waals surface area (Å²) in [7, 11) is 0. The van der Waals surface area contributed by atoms with Crippen LogP contribution in [0.3, 0.4) is 0 Å². The number of hydrogen-bond donors (Lipinski definition) is 0. The van der Waals surface area contributed by atoms with E-state index in [2.05, 4.69) is 10.1 Å². The molecule has 0 unspecified atom stereocenters. The summed E-state index contributed by atoms with van der Waals surface area (Å²) >= 11 is 0. The lowest BCUT2D eigenvalue weighted by Crippen LogP contribution is -2.00. The van der Waals surface area contributed by atoms with Crippen LogP contribution in [0.5, 0.6) is 5.75 Å². The molecule has 0 aliphatic heterocycles. The molecule has 0 aliphatic carbocycles. The molecule has 1 aromatic heterocycles. The Balaban J connectivity index is 2.10. The summed E-state index contributed by atoms with van der Waals surface area (Å²) < 4.78 is 23.7. The number of nitriles is 1. The molecule has 0 N–H and O–H groups in total. The van der Waals surface area contributed by atoms with E-state index >= 15 is 0 Å². The maximum absolute atomic E-state index is 13.3. The lowest BCUT2D eigenvalue weighted by atomic mass is 10.2. The summed E-state index contributed by atoms with van der Waals surface area (Å²) in [5, 5.41) is 12.6. The molecule has 0 radical (unpaired) electrons. The van der Waals surface area contributed by atoms with Crippen molar-refractivity contribution in [2.75, 3.05) is 0 Å². The van der Waals surface area contributed by atoms with Crippen LogP contribution in [-0.4, -0.2) is 10.1 Å². The van der Waals surface area contributed by atoms with Gasteiger partial charge in [-0.3, -0.25) is 0 Å². The maximum atomic E-state index is 13.3. The minimum absolute atomic E-state index is 0.0222. The standard InChI is InChI=1S/C13H12FN3O2/c1-8(2)13-16-12(17-19-13)7-18-11-5-3-4-10(14)9(11)6-15/h3-5,8H,7H2,1-2H3. The van der Waals surface area contributed by atoms with Crippen LogP contribution in [0.25, 0.3) is 0 Å². The summed E-state index contributed by atoms with van der Waals surface area (Å²) in [6.07, 6.45) is 0. The van der Waals surface area contributed by atoms with Crippen LogP contribution in [0.2, 0.25) is 0 Å². The van der Waals surface area contributed by atoms with Gasteiger partial charge in [-0.25, -0.2) is 4.39 Å². The molecule has 0 amide bonds. The topological polar surface area (TPSA) is 71.9 Å². The van der Waals surface area contributed by atoms with Gasteiger partial charge in [-0.15, -0.1) is 0 Å². The third-order valence-corrected chi connectivity index (χ3v) is 2.42. The molecule has 0 spiro atoms. The molecular weight excluding hydrogens is 249 g/mol. The Bertz CT molecular complexity index is 617. The second kappa shape index (κ2) is 5.48. The molecule has 0 saturated carbocycles. The van der Waals surface area contributed by atoms with E-state index in [-0.39, 0.29) is 23.8 Å². The highest BCUT2D eigenvalue weighted by Gasteiger charge is 2.12. The van der Waals surface area contributed by atoms with Crippen LogP contribution < -0.4 is 4.74 Å². The fourth-order valence-electron chi connectivity index (χ4n) is 1.44. The third kappa shape index (κ3) is 2.88. The van der Waals surface area contributed by atoms with E-state index in [9.17, 15) is 4.39 Å². The van der Waals surface area contributed by atoms with Gasteiger partial charge >= 0.3 is 0 Å². The second-order valence-electron chi connectivity index (χ2n) is 4.22. The van der Waals surface area contributed by atoms with Crippen LogP contribution in [0, 0.1) is 17.1 Å². The van der Waals surface area contributed by atoms with Crippen molar-refractivity contribution >= 4 is 0 Å². The van der Waals surface area contributed by atoms with E-state index in [1.165, 1.54) is 18.2 Å². The van der Waals surface area contributed by atoms with Gasteiger partial charge in [0.2, 0.25) is 11.7 Å². The summed E-state index contributed by atoms with van der Waals surface area (Å²) in [6, 6.07) is 5.96. The molecular formula is C13H12FN3O2. The van der Waals surface area contributed by atoms with Crippen molar-refractivity contribution in [3.05, 3.63) is 41.3 Å². The van der Waals surface area contributed by atoms with Crippen LogP contribution >= 0.6 is 0 Å². The van der Waals surface area contributed by atoms with Gasteiger partial charge in [0.15, 0.2) is 6.61 Å². The zero-order chi connectivity index (χ0) is 13.8. The average Bonchev–Trinajstić information content (AvgIpc) is 2.85. The Morgan fingerprint density at radius 2 is 2.26 bits per heavy atom. The minimum atomic E-state index is -0.615. The van der Waals surface area contributed by atoms with Crippen LogP contribution in [0.15, 0.2) is 22.7 Å². The van der Waals surface area contributed by atoms with E-state index in [0.717, 1.165) is 0 Å². The zero-order valence-corrected chi connectivity index (χ0v) is 10.6. The van der Waals surface area contributed by atoms with E-state index in [0.29, 0.717) is 11.7 Å². The molecule has 2 rings (SSSR count). The first-order valence-corrected chi connectivity index (χ1v) is 5.75. The zero-order valence-electron chi connectivity index (χ0n) is 10.6. The van der Waals surface area contributed by atoms with E-state index in [4.69, 9.17) is 14.5 Å². The maximum Gasteiger partial charge on any atom is 0.229 e. The summed E-state index contributed by atoms with van der Waals surface area (Å²) in [6.45, 7) is 3.88. The number of halogens is 1. The van der Waals surface area contributed by atoms with Gasteiger partial charge in [0.05, 0.1) is 0 Å². The highest BCUT2D eigenvalue weighted by molar-refractivity contribution is 5.43. The second-order valence-corrected chi connectivity index (χ2v) is 4.22. The number of benzene rings is 1. The van der Waals surface area contributed by atoms with Crippen molar-refractivity contribution in [2.45, 2.75) is 26.4 Å². The average molecular weight is 261 g/mol. The smallest absolute Gasteiger partial charge is 0.229 e. The molecule has 98 valence electrons. The molecule has 19 heavy (non-hydrogen) atoms. The number of rotatable bonds is 4. The van der Waals surface area contributed by atoms with Gasteiger partial charge in [0.1, 0.15) is 23.2 Å². The monoisotopic (exact) mass is 261 g/mol. The molecule has 0 bridgehead atoms. The molecule has 2 aromatic rings. The Morgan fingerprint density at radius 1 is 1.47 bits per heavy atom. The molecule has 6 heteroatoms. The third-order valence-electron chi connectivity index (χ3n) is 2.42. The number of ether oxygens (including phenoxy) is 1. The van der Waals surface area contributed by atoms with Crippen molar-refractivity contribution in [3.63, 3.8) is 0 Å². The van der Waals surface area contributed by atoms with Crippen molar-refractivity contribution in [3.8, 4) is 11.8 Å². The number of aromatic nitrogens is 2. The first-order valence-electron chi connectivity index (χ1n) is 5.75. The van der Waals surface area contributed by atoms with E-state index < -0.39 is 5.82 Å². The molecule has 0 aliphatic rings. The first kappa shape index (κ1) is 13.0. The predicted molar refractivity (Wildman–Crippen MR) is 63.8 cm³/mol. The first-order chi connectivity index (χ1) is 9.11. The van der Waals surface area contributed by atoms with Gasteiger partial charge in [0, 0.05) is 5.92 Å². The van der Waals surface area contributed by atoms with Crippen LogP contribution in [-0.2, 0) is 6.61 Å². The van der Waals surface area contributed by atoms with Gasteiger partial charge < -0.3 is 9.26 Å². The van der Waals surface area contributed by atoms with Gasteiger partial charge in [-0.1, -0.05) is 25.1 Å². The molecule has 0 fully saturated rings. The molecule has 0 saturated heterocycles. The van der Waals surface area contributed by atoms with Crippen LogP contribution in [0.1, 0.15) is 37.0 Å². The quantitative estimate of drug-likeness (QED) is 0.846. The summed E-state index contributed by atoms with van der Waals surface area (Å²) in [5.41, 5.74) is -0.130. The minimum Gasteiger partial charge on any atom is -0.484 e. The number of hydrogen-bond acceptors (Lipinski definition) is 5. The van der Waals surface area contributed by atoms with Gasteiger partial charge in [-0.2, -0.15) is 10.2 Å². The van der Waals surface area contributed by atoms with Crippen molar-refractivity contribution < 1.29 is 13.7 Å². The van der Waals surface area contributed by atoms with Crippen LogP contribution in [0.4, 0.5) is 4.39 Å². The van der Waals surface area contributed by atoms with Crippen molar-refractivity contribution in [1.82, 2.24) is 10.1 Å². The largest absolute Gasteiger partial charge is 0.484 e. The molecule has 1 aromatic carbocycles. The van der Waals surface area contributed by atoms with Gasteiger partial charge in [-0.05, 0) is 12.1 Å². The SMILES string of the molecule is CC(C)c1nc(COc2cccc(F)c2C#N)no1. The normalized spacial score (nSPS) is 10.5. The summed E-state index contributed by atoms with van der Waals surface area (Å²) in [5.74, 6) is 0.551. The molecule has 0 atom stereocenters. The number of nitrogens with zero attached hydrogens (tertiary/aromatic N) is 3. The van der Waals surface area contributed by atoms with Crippen molar-refractivity contribution in [1.29, 1.82) is 5.26 Å². The molecule has 5 nitrogen and oxygen atoms in total. The Kier molecular flexibility index (Phi) is 3.76. The van der Waals surface area contributed by atoms with Crippen molar-refractivity contribution in [2.24, 2.45) is 0 Å². The van der Waals surface area contributed by atoms with E-state index in [1.54, 1.807) is 6.07 Å². The summed E-state index contributed by atoms with van der Waals surface area (Å²) in [4.78, 5) is 4.12. The lowest BCUT2D eigenvalue weighted by molar-refractivity contribution is 0.282. The highest BCUT2D eigenvalue weighted by atomic mass is 19.1. The van der Waals surface area contributed by atoms with Gasteiger partial charge in [0.25, 0.3) is 0 Å². The Hall–Kier alpha value is -2.42. The molecule has 1 heterocycles. The fraction of sp³-hybridized carbons (Fsp3) is 0.308. The fourth-order valence-corrected chi connectivity index (χ4v) is 1.44. The lowest BCUT2D eigenvalue weighted by Gasteiger charge is -2.05. The Morgan fingerprint density at radius 3 is 2.89 bits per heavy atom. The Labute approximate surface area is 109 Å². The van der Waals surface area contributed by atoms with E-state index in [1.807, 2.05) is 13.8 Å². The predicted octanol–water partition coefficient (Wildman–Crippen LogP) is 2.78. The highest BCUT2D eigenvalue weighted by Crippen LogP contribution is 2.21.